The topological polar surface area (TPSA) is 46.4 Å². The number of aromatic nitrogens is 2. The highest BCUT2D eigenvalue weighted by molar-refractivity contribution is 7.98. The molecular weight excluding hydrogens is 282 g/mol. The molecule has 0 saturated carbocycles. The number of halogens is 1. The maximum Gasteiger partial charge on any atom is 0.258 e. The van der Waals surface area contributed by atoms with Crippen molar-refractivity contribution in [3.63, 3.8) is 0 Å². The lowest BCUT2D eigenvalue weighted by atomic mass is 10.1. The van der Waals surface area contributed by atoms with Gasteiger partial charge in [0, 0.05) is 18.0 Å². The smallest absolute Gasteiger partial charge is 0.258 e. The number of nitrogens with zero attached hydrogens (tertiary/aromatic N) is 2. The number of pyridine rings is 1. The number of rotatable bonds is 4. The molecule has 0 bridgehead atoms. The first kappa shape index (κ1) is 13.0. The SMILES string of the molecule is O=c1cc(CSCC2CNC2)nc2ccc(Cl)cn12. The molecule has 3 rings (SSSR count). The molecule has 2 aromatic heterocycles. The lowest BCUT2D eigenvalue weighted by Crippen LogP contribution is -2.43. The van der Waals surface area contributed by atoms with Crippen molar-refractivity contribution in [1.29, 1.82) is 0 Å². The monoisotopic (exact) mass is 295 g/mol. The second-order valence-corrected chi connectivity index (χ2v) is 6.17. The molecule has 100 valence electrons. The molecule has 1 aliphatic rings. The molecule has 1 fully saturated rings. The minimum Gasteiger partial charge on any atom is -0.316 e. The molecular formula is C13H14ClN3OS. The molecule has 0 amide bonds. The molecule has 4 nitrogen and oxygen atoms in total. The summed E-state index contributed by atoms with van der Waals surface area (Å²) in [5.74, 6) is 2.67. The van der Waals surface area contributed by atoms with E-state index < -0.39 is 0 Å². The number of fused-ring (bicyclic) bond motifs is 1. The van der Waals surface area contributed by atoms with Gasteiger partial charge in [-0.1, -0.05) is 11.6 Å². The second-order valence-electron chi connectivity index (χ2n) is 4.70. The van der Waals surface area contributed by atoms with Gasteiger partial charge in [0.05, 0.1) is 10.7 Å². The molecule has 0 unspecified atom stereocenters. The van der Waals surface area contributed by atoms with Crippen LogP contribution in [0, 0.1) is 5.92 Å². The Hall–Kier alpha value is -1.04. The van der Waals surface area contributed by atoms with Gasteiger partial charge in [0.15, 0.2) is 0 Å². The predicted molar refractivity (Wildman–Crippen MR) is 79.0 cm³/mol. The maximum atomic E-state index is 12.0. The summed E-state index contributed by atoms with van der Waals surface area (Å²) in [6, 6.07) is 5.11. The Morgan fingerprint density at radius 3 is 3.05 bits per heavy atom. The van der Waals surface area contributed by atoms with Crippen molar-refractivity contribution < 1.29 is 0 Å². The van der Waals surface area contributed by atoms with Gasteiger partial charge >= 0.3 is 0 Å². The minimum atomic E-state index is -0.0755. The van der Waals surface area contributed by atoms with E-state index in [1.165, 1.54) is 4.40 Å². The maximum absolute atomic E-state index is 12.0. The Kier molecular flexibility index (Phi) is 3.77. The van der Waals surface area contributed by atoms with Gasteiger partial charge in [-0.25, -0.2) is 4.98 Å². The van der Waals surface area contributed by atoms with E-state index in [0.29, 0.717) is 10.7 Å². The van der Waals surface area contributed by atoms with Crippen LogP contribution in [-0.4, -0.2) is 28.2 Å². The van der Waals surface area contributed by atoms with Gasteiger partial charge in [-0.2, -0.15) is 11.8 Å². The first-order valence-electron chi connectivity index (χ1n) is 6.19. The fourth-order valence-electron chi connectivity index (χ4n) is 2.00. The molecule has 0 spiro atoms. The van der Waals surface area contributed by atoms with E-state index in [-0.39, 0.29) is 5.56 Å². The molecule has 0 atom stereocenters. The molecule has 0 aromatic carbocycles. The fourth-order valence-corrected chi connectivity index (χ4v) is 3.20. The third-order valence-electron chi connectivity index (χ3n) is 3.15. The average molecular weight is 296 g/mol. The summed E-state index contributed by atoms with van der Waals surface area (Å²) in [7, 11) is 0. The van der Waals surface area contributed by atoms with Crippen molar-refractivity contribution in [2.75, 3.05) is 18.8 Å². The summed E-state index contributed by atoms with van der Waals surface area (Å²) >= 11 is 7.71. The highest BCUT2D eigenvalue weighted by atomic mass is 35.5. The van der Waals surface area contributed by atoms with Gasteiger partial charge in [0.2, 0.25) is 0 Å². The van der Waals surface area contributed by atoms with Crippen molar-refractivity contribution in [2.24, 2.45) is 5.92 Å². The Bertz CT molecular complexity index is 654. The summed E-state index contributed by atoms with van der Waals surface area (Å²) < 4.78 is 1.48. The summed E-state index contributed by atoms with van der Waals surface area (Å²) in [6.45, 7) is 2.22. The van der Waals surface area contributed by atoms with Crippen LogP contribution in [0.15, 0.2) is 29.2 Å². The quantitative estimate of drug-likeness (QED) is 0.934. The predicted octanol–water partition coefficient (Wildman–Crippen LogP) is 1.80. The van der Waals surface area contributed by atoms with Gasteiger partial charge in [0.1, 0.15) is 5.65 Å². The lowest BCUT2D eigenvalue weighted by Gasteiger charge is -2.26. The number of nitrogens with one attached hydrogen (secondary N) is 1. The van der Waals surface area contributed by atoms with Crippen molar-refractivity contribution in [1.82, 2.24) is 14.7 Å². The summed E-state index contributed by atoms with van der Waals surface area (Å²) in [4.78, 5) is 16.4. The van der Waals surface area contributed by atoms with E-state index in [1.807, 2.05) is 11.8 Å². The normalized spacial score (nSPS) is 15.6. The first-order chi connectivity index (χ1) is 9.22. The van der Waals surface area contributed by atoms with E-state index in [1.54, 1.807) is 24.4 Å². The summed E-state index contributed by atoms with van der Waals surface area (Å²) in [6.07, 6.45) is 1.60. The van der Waals surface area contributed by atoms with Crippen LogP contribution >= 0.6 is 23.4 Å². The van der Waals surface area contributed by atoms with E-state index in [0.717, 1.165) is 36.2 Å². The van der Waals surface area contributed by atoms with Gasteiger partial charge in [-0.15, -0.1) is 0 Å². The largest absolute Gasteiger partial charge is 0.316 e. The second kappa shape index (κ2) is 5.53. The first-order valence-corrected chi connectivity index (χ1v) is 7.72. The third-order valence-corrected chi connectivity index (χ3v) is 4.58. The van der Waals surface area contributed by atoms with Gasteiger partial charge in [-0.3, -0.25) is 9.20 Å². The molecule has 3 heterocycles. The molecule has 1 saturated heterocycles. The Morgan fingerprint density at radius 1 is 1.47 bits per heavy atom. The van der Waals surface area contributed by atoms with Crippen LogP contribution in [0.3, 0.4) is 0 Å². The van der Waals surface area contributed by atoms with Crippen molar-refractivity contribution in [3.8, 4) is 0 Å². The third kappa shape index (κ3) is 2.94. The summed E-state index contributed by atoms with van der Waals surface area (Å²) in [5.41, 5.74) is 1.41. The van der Waals surface area contributed by atoms with Gasteiger partial charge in [0.25, 0.3) is 5.56 Å². The van der Waals surface area contributed by atoms with Crippen molar-refractivity contribution >= 4 is 29.0 Å². The van der Waals surface area contributed by atoms with E-state index in [2.05, 4.69) is 10.3 Å². The molecule has 0 aliphatic carbocycles. The highest BCUT2D eigenvalue weighted by Gasteiger charge is 2.16. The average Bonchev–Trinajstić information content (AvgIpc) is 2.33. The Balaban J connectivity index is 1.76. The molecule has 2 aromatic rings. The zero-order valence-corrected chi connectivity index (χ0v) is 11.9. The van der Waals surface area contributed by atoms with Crippen LogP contribution < -0.4 is 10.9 Å². The van der Waals surface area contributed by atoms with Crippen LogP contribution in [-0.2, 0) is 5.75 Å². The van der Waals surface area contributed by atoms with E-state index in [4.69, 9.17) is 11.6 Å². The van der Waals surface area contributed by atoms with Crippen LogP contribution in [0.4, 0.5) is 0 Å². The Morgan fingerprint density at radius 2 is 2.32 bits per heavy atom. The fraction of sp³-hybridized carbons (Fsp3) is 0.385. The standard InChI is InChI=1S/C13H14ClN3OS/c14-10-1-2-12-16-11(3-13(18)17(12)6-10)8-19-7-9-4-15-5-9/h1-3,6,9,15H,4-5,7-8H2. The highest BCUT2D eigenvalue weighted by Crippen LogP contribution is 2.16. The lowest BCUT2D eigenvalue weighted by molar-refractivity contribution is 0.385. The van der Waals surface area contributed by atoms with Crippen molar-refractivity contribution in [3.05, 3.63) is 45.5 Å². The van der Waals surface area contributed by atoms with Crippen molar-refractivity contribution in [2.45, 2.75) is 5.75 Å². The molecule has 1 aliphatic heterocycles. The van der Waals surface area contributed by atoms with Crippen LogP contribution in [0.1, 0.15) is 5.69 Å². The summed E-state index contributed by atoms with van der Waals surface area (Å²) in [5, 5.41) is 3.79. The molecule has 0 radical (unpaired) electrons. The number of hydrogen-bond acceptors (Lipinski definition) is 4. The minimum absolute atomic E-state index is 0.0755. The zero-order chi connectivity index (χ0) is 13.2. The van der Waals surface area contributed by atoms with Crippen LogP contribution in [0.25, 0.3) is 5.65 Å². The van der Waals surface area contributed by atoms with Gasteiger partial charge in [-0.05, 0) is 36.9 Å². The van der Waals surface area contributed by atoms with E-state index in [9.17, 15) is 4.79 Å². The number of hydrogen-bond donors (Lipinski definition) is 1. The molecule has 1 N–H and O–H groups in total. The number of thioether (sulfide) groups is 1. The zero-order valence-electron chi connectivity index (χ0n) is 10.3. The van der Waals surface area contributed by atoms with Crippen LogP contribution in [0.2, 0.25) is 5.02 Å². The van der Waals surface area contributed by atoms with Crippen LogP contribution in [0.5, 0.6) is 0 Å². The Labute approximate surface area is 120 Å². The van der Waals surface area contributed by atoms with Gasteiger partial charge < -0.3 is 5.32 Å². The molecule has 6 heteroatoms. The van der Waals surface area contributed by atoms with E-state index >= 15 is 0 Å². The molecule has 19 heavy (non-hydrogen) atoms.